The van der Waals surface area contributed by atoms with E-state index in [1.807, 2.05) is 24.3 Å². The molecule has 0 spiro atoms. The van der Waals surface area contributed by atoms with Crippen molar-refractivity contribution in [3.8, 4) is 10.4 Å². The van der Waals surface area contributed by atoms with Crippen molar-refractivity contribution in [2.24, 2.45) is 0 Å². The Hall–Kier alpha value is -1.48. The van der Waals surface area contributed by atoms with Crippen LogP contribution in [0.4, 0.5) is 5.69 Å². The van der Waals surface area contributed by atoms with Gasteiger partial charge in [0.2, 0.25) is 0 Å². The lowest BCUT2D eigenvalue weighted by molar-refractivity contribution is 1.19. The highest BCUT2D eigenvalue weighted by molar-refractivity contribution is 7.15. The Kier molecular flexibility index (Phi) is 4.49. The second-order valence-electron chi connectivity index (χ2n) is 4.58. The van der Waals surface area contributed by atoms with Crippen LogP contribution in [-0.4, -0.2) is 0 Å². The Morgan fingerprint density at radius 3 is 2.24 bits per heavy atom. The molecule has 0 unspecified atom stereocenters. The van der Waals surface area contributed by atoms with Gasteiger partial charge in [-0.25, -0.2) is 0 Å². The monoisotopic (exact) mass is 333 g/mol. The molecule has 106 valence electrons. The van der Waals surface area contributed by atoms with Gasteiger partial charge < -0.3 is 5.32 Å². The van der Waals surface area contributed by atoms with Crippen molar-refractivity contribution in [1.29, 1.82) is 0 Å². The molecule has 4 heteroatoms. The number of anilines is 1. The fourth-order valence-electron chi connectivity index (χ4n) is 2.07. The van der Waals surface area contributed by atoms with E-state index in [-0.39, 0.29) is 0 Å². The van der Waals surface area contributed by atoms with Gasteiger partial charge in [0.15, 0.2) is 0 Å². The summed E-state index contributed by atoms with van der Waals surface area (Å²) in [6.07, 6.45) is 0. The molecule has 0 aliphatic heterocycles. The third-order valence-corrected chi connectivity index (χ3v) is 4.89. The smallest absolute Gasteiger partial charge is 0.0721 e. The number of thiophene rings is 1. The Bertz CT molecular complexity index is 717. The molecule has 0 saturated heterocycles. The first-order chi connectivity index (χ1) is 10.2. The third-order valence-electron chi connectivity index (χ3n) is 3.12. The maximum atomic E-state index is 6.15. The lowest BCUT2D eigenvalue weighted by Gasteiger charge is -2.08. The molecule has 1 nitrogen and oxygen atoms in total. The van der Waals surface area contributed by atoms with E-state index in [0.717, 1.165) is 5.69 Å². The van der Waals surface area contributed by atoms with Crippen molar-refractivity contribution in [2.75, 3.05) is 5.32 Å². The van der Waals surface area contributed by atoms with E-state index in [1.165, 1.54) is 15.3 Å². The first-order valence-electron chi connectivity index (χ1n) is 6.56. The Morgan fingerprint density at radius 1 is 0.810 bits per heavy atom. The van der Waals surface area contributed by atoms with Crippen LogP contribution in [0, 0.1) is 0 Å². The van der Waals surface area contributed by atoms with Gasteiger partial charge in [-0.15, -0.1) is 11.3 Å². The first-order valence-corrected chi connectivity index (χ1v) is 8.13. The van der Waals surface area contributed by atoms with Crippen molar-refractivity contribution in [3.05, 3.63) is 75.6 Å². The van der Waals surface area contributed by atoms with Gasteiger partial charge in [0.05, 0.1) is 15.7 Å². The largest absolute Gasteiger partial charge is 0.378 e. The van der Waals surface area contributed by atoms with Gasteiger partial charge in [0.1, 0.15) is 0 Å². The summed E-state index contributed by atoms with van der Waals surface area (Å²) >= 11 is 14.1. The topological polar surface area (TPSA) is 12.0 Å². The first kappa shape index (κ1) is 14.5. The zero-order valence-electron chi connectivity index (χ0n) is 11.1. The molecule has 1 N–H and O–H groups in total. The van der Waals surface area contributed by atoms with Crippen LogP contribution in [0.15, 0.2) is 60.7 Å². The maximum absolute atomic E-state index is 6.15. The van der Waals surface area contributed by atoms with Crippen LogP contribution in [0.3, 0.4) is 0 Å². The predicted molar refractivity (Wildman–Crippen MR) is 93.5 cm³/mol. The molecule has 3 rings (SSSR count). The Balaban J connectivity index is 1.74. The molecule has 0 radical (unpaired) electrons. The average Bonchev–Trinajstić information content (AvgIpc) is 2.97. The van der Waals surface area contributed by atoms with Crippen molar-refractivity contribution >= 4 is 40.2 Å². The third kappa shape index (κ3) is 3.41. The summed E-state index contributed by atoms with van der Waals surface area (Å²) < 4.78 is 0. The van der Waals surface area contributed by atoms with Gasteiger partial charge >= 0.3 is 0 Å². The summed E-state index contributed by atoms with van der Waals surface area (Å²) in [5.74, 6) is 0. The number of benzene rings is 2. The number of halogens is 2. The minimum absolute atomic E-state index is 0.641. The molecule has 2 aromatic carbocycles. The van der Waals surface area contributed by atoms with Crippen LogP contribution in [-0.2, 0) is 6.54 Å². The van der Waals surface area contributed by atoms with E-state index in [4.69, 9.17) is 23.2 Å². The molecule has 0 saturated carbocycles. The maximum Gasteiger partial charge on any atom is 0.0721 e. The number of rotatable bonds is 4. The summed E-state index contributed by atoms with van der Waals surface area (Å²) in [4.78, 5) is 2.50. The Labute approximate surface area is 138 Å². The van der Waals surface area contributed by atoms with E-state index in [2.05, 4.69) is 41.7 Å². The molecule has 1 heterocycles. The van der Waals surface area contributed by atoms with Crippen LogP contribution in [0.5, 0.6) is 0 Å². The highest BCUT2D eigenvalue weighted by Gasteiger charge is 2.06. The quantitative estimate of drug-likeness (QED) is 0.587. The molecule has 0 aliphatic rings. The lowest BCUT2D eigenvalue weighted by Crippen LogP contribution is -1.98. The number of hydrogen-bond donors (Lipinski definition) is 1. The predicted octanol–water partition coefficient (Wildman–Crippen LogP) is 6.33. The van der Waals surface area contributed by atoms with E-state index < -0.39 is 0 Å². The molecule has 0 fully saturated rings. The van der Waals surface area contributed by atoms with E-state index in [1.54, 1.807) is 11.3 Å². The number of nitrogens with one attached hydrogen (secondary N) is 1. The van der Waals surface area contributed by atoms with Crippen LogP contribution < -0.4 is 5.32 Å². The second kappa shape index (κ2) is 6.52. The van der Waals surface area contributed by atoms with Crippen LogP contribution in [0.2, 0.25) is 10.0 Å². The molecule has 21 heavy (non-hydrogen) atoms. The fourth-order valence-corrected chi connectivity index (χ4v) is 3.56. The highest BCUT2D eigenvalue weighted by atomic mass is 35.5. The SMILES string of the molecule is Clc1cccc(Cl)c1NCc1ccc(-c2ccccc2)s1. The average molecular weight is 334 g/mol. The molecule has 0 bridgehead atoms. The molecule has 3 aromatic rings. The van der Waals surface area contributed by atoms with Crippen molar-refractivity contribution in [3.63, 3.8) is 0 Å². The van der Waals surface area contributed by atoms with Crippen molar-refractivity contribution in [2.45, 2.75) is 6.54 Å². The van der Waals surface area contributed by atoms with Gasteiger partial charge in [-0.1, -0.05) is 59.6 Å². The van der Waals surface area contributed by atoms with Gasteiger partial charge in [-0.2, -0.15) is 0 Å². The van der Waals surface area contributed by atoms with Crippen molar-refractivity contribution < 1.29 is 0 Å². The minimum atomic E-state index is 0.641. The standard InChI is InChI=1S/C17H13Cl2NS/c18-14-7-4-8-15(19)17(14)20-11-13-9-10-16(21-13)12-5-2-1-3-6-12/h1-10,20H,11H2. The zero-order chi connectivity index (χ0) is 14.7. The molecule has 0 atom stereocenters. The Morgan fingerprint density at radius 2 is 1.52 bits per heavy atom. The molecule has 0 amide bonds. The zero-order valence-corrected chi connectivity index (χ0v) is 13.5. The van der Waals surface area contributed by atoms with E-state index in [9.17, 15) is 0 Å². The van der Waals surface area contributed by atoms with Crippen LogP contribution >= 0.6 is 34.5 Å². The molecule has 0 aliphatic carbocycles. The fraction of sp³-hybridized carbons (Fsp3) is 0.0588. The van der Waals surface area contributed by atoms with Gasteiger partial charge in [-0.05, 0) is 29.8 Å². The summed E-state index contributed by atoms with van der Waals surface area (Å²) in [7, 11) is 0. The van der Waals surface area contributed by atoms with Gasteiger partial charge in [0, 0.05) is 16.3 Å². The lowest BCUT2D eigenvalue weighted by atomic mass is 10.2. The summed E-state index contributed by atoms with van der Waals surface area (Å²) in [6.45, 7) is 0.709. The summed E-state index contributed by atoms with van der Waals surface area (Å²) in [6, 6.07) is 20.2. The summed E-state index contributed by atoms with van der Waals surface area (Å²) in [5, 5.41) is 4.59. The molecular formula is C17H13Cl2NS. The van der Waals surface area contributed by atoms with Crippen LogP contribution in [0.25, 0.3) is 10.4 Å². The summed E-state index contributed by atoms with van der Waals surface area (Å²) in [5.41, 5.74) is 2.03. The van der Waals surface area contributed by atoms with E-state index in [0.29, 0.717) is 16.6 Å². The number of para-hydroxylation sites is 1. The van der Waals surface area contributed by atoms with Crippen LogP contribution in [0.1, 0.15) is 4.88 Å². The van der Waals surface area contributed by atoms with Gasteiger partial charge in [0.25, 0.3) is 0 Å². The minimum Gasteiger partial charge on any atom is -0.378 e. The molecule has 1 aromatic heterocycles. The second-order valence-corrected chi connectivity index (χ2v) is 6.56. The number of hydrogen-bond acceptors (Lipinski definition) is 2. The highest BCUT2D eigenvalue weighted by Crippen LogP contribution is 2.32. The van der Waals surface area contributed by atoms with E-state index >= 15 is 0 Å². The normalized spacial score (nSPS) is 10.6. The molecular weight excluding hydrogens is 321 g/mol. The van der Waals surface area contributed by atoms with Crippen molar-refractivity contribution in [1.82, 2.24) is 0 Å². The van der Waals surface area contributed by atoms with Gasteiger partial charge in [-0.3, -0.25) is 0 Å².